The van der Waals surface area contributed by atoms with Crippen LogP contribution in [-0.4, -0.2) is 69.9 Å². The summed E-state index contributed by atoms with van der Waals surface area (Å²) < 4.78 is 55.7. The number of nitrogens with one attached hydrogen (secondary N) is 1. The largest absolute Gasteiger partial charge is 0.573 e. The molecule has 3 fully saturated rings. The Morgan fingerprint density at radius 1 is 1.02 bits per heavy atom. The molecule has 2 bridgehead atoms. The number of amides is 2. The van der Waals surface area contributed by atoms with Crippen LogP contribution in [0.3, 0.4) is 0 Å². The van der Waals surface area contributed by atoms with E-state index in [1.54, 1.807) is 0 Å². The second kappa shape index (κ2) is 13.0. The van der Waals surface area contributed by atoms with Crippen LogP contribution in [0, 0.1) is 29.1 Å². The number of Topliss-reactive ketones (excluding diaryl/α,β-unsaturated/α-hetero) is 1. The van der Waals surface area contributed by atoms with Gasteiger partial charge in [0.25, 0.3) is 0 Å². The first-order valence-corrected chi connectivity index (χ1v) is 17.1. The number of benzene rings is 1. The molecule has 10 nitrogen and oxygen atoms in total. The number of ether oxygens (including phenoxy) is 3. The van der Waals surface area contributed by atoms with E-state index in [9.17, 15) is 27.6 Å². The van der Waals surface area contributed by atoms with Gasteiger partial charge in [-0.1, -0.05) is 40.5 Å². The Kier molecular flexibility index (Phi) is 9.27. The van der Waals surface area contributed by atoms with Crippen molar-refractivity contribution in [3.8, 4) is 11.6 Å². The van der Waals surface area contributed by atoms with Gasteiger partial charge in [-0.2, -0.15) is 0 Å². The maximum atomic E-state index is 14.3. The normalized spacial score (nSPS) is 31.4. The number of fused-ring (bicyclic) bond motifs is 7. The van der Waals surface area contributed by atoms with Crippen LogP contribution in [0.4, 0.5) is 18.0 Å². The summed E-state index contributed by atoms with van der Waals surface area (Å²) in [6.07, 6.45) is 0.172. The summed E-state index contributed by atoms with van der Waals surface area (Å²) in [4.78, 5) is 51.8. The molecule has 4 aliphatic rings. The van der Waals surface area contributed by atoms with Gasteiger partial charge in [0.1, 0.15) is 29.7 Å². The van der Waals surface area contributed by atoms with Gasteiger partial charge in [-0.25, -0.2) is 14.8 Å². The summed E-state index contributed by atoms with van der Waals surface area (Å²) >= 11 is 0. The van der Waals surface area contributed by atoms with Crippen LogP contribution >= 0.6 is 0 Å². The van der Waals surface area contributed by atoms with E-state index in [2.05, 4.69) is 15.0 Å². The summed E-state index contributed by atoms with van der Waals surface area (Å²) in [6, 6.07) is 2.04. The minimum atomic E-state index is -4.87. The summed E-state index contributed by atoms with van der Waals surface area (Å²) in [5.41, 5.74) is 0.432. The van der Waals surface area contributed by atoms with Crippen molar-refractivity contribution in [1.29, 1.82) is 0 Å². The zero-order valence-corrected chi connectivity index (χ0v) is 28.1. The summed E-state index contributed by atoms with van der Waals surface area (Å²) in [6.45, 7) is 8.96. The average molecular weight is 675 g/mol. The molecule has 1 saturated heterocycles. The van der Waals surface area contributed by atoms with Crippen molar-refractivity contribution in [2.75, 3.05) is 6.54 Å². The second-order valence-corrected chi connectivity index (χ2v) is 15.0. The lowest BCUT2D eigenvalue weighted by molar-refractivity contribution is -0.274. The second-order valence-electron chi connectivity index (χ2n) is 15.0. The highest BCUT2D eigenvalue weighted by Gasteiger charge is 2.55. The van der Waals surface area contributed by atoms with Crippen molar-refractivity contribution in [2.45, 2.75) is 117 Å². The molecule has 1 aromatic carbocycles. The first-order chi connectivity index (χ1) is 22.6. The number of hydrogen-bond acceptors (Lipinski definition) is 8. The lowest BCUT2D eigenvalue weighted by Gasteiger charge is -2.36. The molecule has 2 aromatic rings. The van der Waals surface area contributed by atoms with Crippen molar-refractivity contribution in [2.24, 2.45) is 29.1 Å². The van der Waals surface area contributed by atoms with Crippen LogP contribution in [0.1, 0.15) is 85.3 Å². The molecule has 262 valence electrons. The lowest BCUT2D eigenvalue weighted by Crippen LogP contribution is -2.57. The summed E-state index contributed by atoms with van der Waals surface area (Å²) in [5.74, 6) is 0.102. The third-order valence-electron chi connectivity index (χ3n) is 10.6. The predicted octanol–water partition coefficient (Wildman–Crippen LogP) is 6.38. The van der Waals surface area contributed by atoms with E-state index in [4.69, 9.17) is 14.5 Å². The molecule has 1 N–H and O–H groups in total. The fourth-order valence-electron chi connectivity index (χ4n) is 8.19. The van der Waals surface area contributed by atoms with Crippen LogP contribution in [0.5, 0.6) is 11.6 Å². The van der Waals surface area contributed by atoms with Gasteiger partial charge in [0, 0.05) is 12.0 Å². The third-order valence-corrected chi connectivity index (χ3v) is 10.6. The third kappa shape index (κ3) is 7.19. The molecule has 48 heavy (non-hydrogen) atoms. The Bertz CT molecular complexity index is 1560. The van der Waals surface area contributed by atoms with Gasteiger partial charge in [-0.05, 0) is 80.8 Å². The number of halogens is 3. The van der Waals surface area contributed by atoms with E-state index in [0.717, 1.165) is 38.5 Å². The van der Waals surface area contributed by atoms with Gasteiger partial charge in [-0.15, -0.1) is 13.2 Å². The molecule has 6 rings (SSSR count). The average Bonchev–Trinajstić information content (AvgIpc) is 3.52. The lowest BCUT2D eigenvalue weighted by atomic mass is 9.85. The SMILES string of the molecule is CC[C@@H]1[C@@H]2CN(C(=O)[C@H](C(C)(C)C)NC(=O)O[C@@H]3CC4CC4[C@H]3CCCCCc3nc4ccc(OC(F)(F)F)cc4nc3O2)[C@@H]1C(C)=O. The number of alkyl halides is 3. The van der Waals surface area contributed by atoms with E-state index in [0.29, 0.717) is 35.9 Å². The van der Waals surface area contributed by atoms with Crippen molar-refractivity contribution >= 4 is 28.8 Å². The minimum absolute atomic E-state index is 0.0509. The topological polar surface area (TPSA) is 120 Å². The number of ketones is 1. The van der Waals surface area contributed by atoms with Crippen LogP contribution in [0.25, 0.3) is 11.0 Å². The van der Waals surface area contributed by atoms with Crippen molar-refractivity contribution in [3.63, 3.8) is 0 Å². The van der Waals surface area contributed by atoms with Gasteiger partial charge in [0.2, 0.25) is 11.8 Å². The highest BCUT2D eigenvalue weighted by Crippen LogP contribution is 2.57. The summed E-state index contributed by atoms with van der Waals surface area (Å²) in [5, 5.41) is 2.87. The van der Waals surface area contributed by atoms with Gasteiger partial charge in [0.15, 0.2) is 5.78 Å². The van der Waals surface area contributed by atoms with Crippen molar-refractivity contribution < 1.29 is 41.8 Å². The maximum absolute atomic E-state index is 14.3. The number of aryl methyl sites for hydroxylation is 1. The standard InChI is InChI=1S/C35H45F3N4O6/c1-6-21-28-17-42(29(21)18(2)43)32(44)30(34(3,4)5)41-33(45)47-27-15-19-14-23(19)22(27)10-8-7-9-11-25-31(46-28)40-26-16-20(48-35(36,37)38)12-13-24(26)39-25/h12-13,16,19,21-23,27-30H,6-11,14-15,17H2,1-5H3,(H,41,45)/t19?,21-,22-,23?,27-,28+,29-,30-/m1/s1. The molecular weight excluding hydrogens is 629 g/mol. The Morgan fingerprint density at radius 3 is 2.48 bits per heavy atom. The smallest absolute Gasteiger partial charge is 0.471 e. The van der Waals surface area contributed by atoms with Gasteiger partial charge < -0.3 is 24.4 Å². The zero-order valence-electron chi connectivity index (χ0n) is 28.1. The first kappa shape index (κ1) is 34.2. The molecule has 2 amide bonds. The minimum Gasteiger partial charge on any atom is -0.471 e. The Balaban J connectivity index is 1.37. The van der Waals surface area contributed by atoms with Gasteiger partial charge in [-0.3, -0.25) is 9.59 Å². The first-order valence-electron chi connectivity index (χ1n) is 17.1. The molecule has 3 heterocycles. The molecule has 1 aromatic heterocycles. The van der Waals surface area contributed by atoms with E-state index < -0.39 is 53.6 Å². The molecule has 2 saturated carbocycles. The quantitative estimate of drug-likeness (QED) is 0.398. The molecular formula is C35H45F3N4O6. The monoisotopic (exact) mass is 674 g/mol. The predicted molar refractivity (Wildman–Crippen MR) is 169 cm³/mol. The van der Waals surface area contributed by atoms with Gasteiger partial charge in [0.05, 0.1) is 23.6 Å². The molecule has 8 atom stereocenters. The Labute approximate surface area is 278 Å². The number of alkyl carbamates (subject to hydrolysis) is 1. The highest BCUT2D eigenvalue weighted by molar-refractivity contribution is 5.92. The maximum Gasteiger partial charge on any atom is 0.573 e. The fourth-order valence-corrected chi connectivity index (χ4v) is 8.19. The van der Waals surface area contributed by atoms with Gasteiger partial charge >= 0.3 is 12.5 Å². The highest BCUT2D eigenvalue weighted by atomic mass is 19.4. The van der Waals surface area contributed by atoms with E-state index in [1.807, 2.05) is 27.7 Å². The van der Waals surface area contributed by atoms with Crippen molar-refractivity contribution in [1.82, 2.24) is 20.2 Å². The van der Waals surface area contributed by atoms with Crippen molar-refractivity contribution in [3.05, 3.63) is 23.9 Å². The number of rotatable bonds is 3. The van der Waals surface area contributed by atoms with Crippen LogP contribution < -0.4 is 14.8 Å². The van der Waals surface area contributed by atoms with Crippen LogP contribution in [0.15, 0.2) is 18.2 Å². The van der Waals surface area contributed by atoms with Crippen LogP contribution in [0.2, 0.25) is 0 Å². The van der Waals surface area contributed by atoms with E-state index in [1.165, 1.54) is 30.0 Å². The van der Waals surface area contributed by atoms with Crippen LogP contribution in [-0.2, 0) is 20.7 Å². The molecule has 2 aliphatic carbocycles. The Hall–Kier alpha value is -3.64. The number of carbonyl (C=O) groups excluding carboxylic acids is 3. The van der Waals surface area contributed by atoms with E-state index >= 15 is 0 Å². The number of aromatic nitrogens is 2. The van der Waals surface area contributed by atoms with E-state index in [-0.39, 0.29) is 35.7 Å². The zero-order chi connectivity index (χ0) is 34.5. The number of nitrogens with zero attached hydrogens (tertiary/aromatic N) is 3. The molecule has 0 spiro atoms. The number of hydrogen-bond donors (Lipinski definition) is 1. The molecule has 0 radical (unpaired) electrons. The molecule has 13 heteroatoms. The number of carbonyl (C=O) groups is 3. The molecule has 2 aliphatic heterocycles. The molecule has 2 unspecified atom stereocenters. The fraction of sp³-hybridized carbons (Fsp3) is 0.686. The summed E-state index contributed by atoms with van der Waals surface area (Å²) in [7, 11) is 0. The Morgan fingerprint density at radius 2 is 1.79 bits per heavy atom.